The van der Waals surface area contributed by atoms with Gasteiger partial charge in [-0.05, 0) is 42.3 Å². The van der Waals surface area contributed by atoms with Gasteiger partial charge in [0.05, 0.1) is 31.2 Å². The highest BCUT2D eigenvalue weighted by Gasteiger charge is 2.42. The first kappa shape index (κ1) is 23.2. The quantitative estimate of drug-likeness (QED) is 0.666. The van der Waals surface area contributed by atoms with Crippen molar-refractivity contribution < 1.29 is 27.4 Å². The average Bonchev–Trinajstić information content (AvgIpc) is 2.82. The minimum Gasteiger partial charge on any atom is -0.497 e. The molecule has 0 aliphatic carbocycles. The highest BCUT2D eigenvalue weighted by atomic mass is 19.4. The van der Waals surface area contributed by atoms with E-state index in [2.05, 4.69) is 15.1 Å². The molecule has 0 spiro atoms. The Kier molecular flexibility index (Phi) is 6.69. The Hall–Kier alpha value is -2.94. The van der Waals surface area contributed by atoms with Crippen LogP contribution in [0, 0.1) is 5.92 Å². The summed E-state index contributed by atoms with van der Waals surface area (Å²) in [5.74, 6) is 0.0984. The molecule has 0 aromatic heterocycles. The Balaban J connectivity index is 1.65. The molecule has 0 saturated carbocycles. The summed E-state index contributed by atoms with van der Waals surface area (Å²) in [7, 11) is 3.17. The Labute approximate surface area is 191 Å². The molecule has 178 valence electrons. The molecular formula is C24H28F3N3O3. The largest absolute Gasteiger partial charge is 0.497 e. The lowest BCUT2D eigenvalue weighted by atomic mass is 9.82. The summed E-state index contributed by atoms with van der Waals surface area (Å²) in [5, 5.41) is 2.88. The molecule has 0 radical (unpaired) electrons. The summed E-state index contributed by atoms with van der Waals surface area (Å²) in [6.45, 7) is 2.59. The van der Waals surface area contributed by atoms with Crippen LogP contribution in [0.4, 0.5) is 24.5 Å². The number of nitrogens with zero attached hydrogens (tertiary/aromatic N) is 2. The number of nitrogens with one attached hydrogen (secondary N) is 1. The van der Waals surface area contributed by atoms with E-state index in [-0.39, 0.29) is 18.4 Å². The molecule has 6 nitrogen and oxygen atoms in total. The molecule has 1 saturated heterocycles. The summed E-state index contributed by atoms with van der Waals surface area (Å²) in [5.41, 5.74) is 1.64. The maximum Gasteiger partial charge on any atom is 0.416 e. The van der Waals surface area contributed by atoms with E-state index in [0.29, 0.717) is 38.3 Å². The Morgan fingerprint density at radius 1 is 1.15 bits per heavy atom. The fourth-order valence-corrected chi connectivity index (χ4v) is 4.75. The number of hydrogen-bond acceptors (Lipinski definition) is 5. The molecule has 2 aromatic rings. The van der Waals surface area contributed by atoms with Crippen molar-refractivity contribution in [2.24, 2.45) is 5.92 Å². The minimum absolute atomic E-state index is 0.169. The Morgan fingerprint density at radius 2 is 1.97 bits per heavy atom. The number of anilines is 2. The number of ether oxygens (including phenoxy) is 2. The van der Waals surface area contributed by atoms with Crippen LogP contribution in [0.5, 0.6) is 5.75 Å². The van der Waals surface area contributed by atoms with Crippen LogP contribution in [0.3, 0.4) is 0 Å². The molecule has 0 bridgehead atoms. The zero-order chi connectivity index (χ0) is 23.6. The van der Waals surface area contributed by atoms with Crippen molar-refractivity contribution in [2.75, 3.05) is 56.8 Å². The normalized spacial score (nSPS) is 20.2. The van der Waals surface area contributed by atoms with Crippen LogP contribution in [-0.4, -0.2) is 59.0 Å². The molecule has 1 amide bonds. The number of methoxy groups -OCH3 is 2. The number of carbonyl (C=O) groups excluding carboxylic acids is 1. The molecular weight excluding hydrogens is 435 g/mol. The van der Waals surface area contributed by atoms with Crippen molar-refractivity contribution in [3.63, 3.8) is 0 Å². The van der Waals surface area contributed by atoms with Crippen LogP contribution < -0.4 is 19.9 Å². The molecule has 2 aliphatic heterocycles. The first-order valence-corrected chi connectivity index (χ1v) is 10.9. The number of halogens is 3. The smallest absolute Gasteiger partial charge is 0.416 e. The summed E-state index contributed by atoms with van der Waals surface area (Å²) in [4.78, 5) is 17.4. The number of carbonyl (C=O) groups is 1. The van der Waals surface area contributed by atoms with Gasteiger partial charge in [0.2, 0.25) is 5.91 Å². The molecule has 2 heterocycles. The van der Waals surface area contributed by atoms with Gasteiger partial charge >= 0.3 is 6.18 Å². The summed E-state index contributed by atoms with van der Waals surface area (Å²) < 4.78 is 50.4. The molecule has 33 heavy (non-hydrogen) atoms. The summed E-state index contributed by atoms with van der Waals surface area (Å²) in [6, 6.07) is 11.4. The molecule has 1 fully saturated rings. The zero-order valence-corrected chi connectivity index (χ0v) is 18.7. The van der Waals surface area contributed by atoms with E-state index in [1.807, 2.05) is 24.3 Å². The predicted octanol–water partition coefficient (Wildman–Crippen LogP) is 3.34. The number of piperazine rings is 1. The van der Waals surface area contributed by atoms with Gasteiger partial charge in [-0.1, -0.05) is 6.07 Å². The van der Waals surface area contributed by atoms with Crippen molar-refractivity contribution in [3.8, 4) is 5.75 Å². The lowest BCUT2D eigenvalue weighted by Crippen LogP contribution is -2.61. The van der Waals surface area contributed by atoms with Gasteiger partial charge in [0, 0.05) is 50.7 Å². The van der Waals surface area contributed by atoms with Crippen molar-refractivity contribution in [2.45, 2.75) is 18.6 Å². The van der Waals surface area contributed by atoms with Gasteiger partial charge in [-0.25, -0.2) is 0 Å². The number of fused-ring (bicyclic) bond motifs is 3. The fraction of sp³-hybridized carbons (Fsp3) is 0.458. The first-order chi connectivity index (χ1) is 15.8. The van der Waals surface area contributed by atoms with Crippen LogP contribution in [0.25, 0.3) is 0 Å². The van der Waals surface area contributed by atoms with Crippen molar-refractivity contribution in [1.29, 1.82) is 0 Å². The minimum atomic E-state index is -4.42. The van der Waals surface area contributed by atoms with Gasteiger partial charge in [-0.3, -0.25) is 4.79 Å². The fourth-order valence-electron chi connectivity index (χ4n) is 4.75. The third kappa shape index (κ3) is 4.88. The van der Waals surface area contributed by atoms with Crippen LogP contribution in [0.15, 0.2) is 42.5 Å². The van der Waals surface area contributed by atoms with E-state index < -0.39 is 17.7 Å². The number of alkyl halides is 3. The summed E-state index contributed by atoms with van der Waals surface area (Å²) in [6.07, 6.45) is -4.17. The van der Waals surface area contributed by atoms with E-state index in [1.165, 1.54) is 6.07 Å². The lowest BCUT2D eigenvalue weighted by molar-refractivity contribution is -0.137. The molecule has 2 aromatic carbocycles. The maximum absolute atomic E-state index is 13.3. The molecule has 2 aliphatic rings. The number of rotatable bonds is 6. The Bertz CT molecular complexity index is 998. The van der Waals surface area contributed by atoms with Crippen LogP contribution >= 0.6 is 0 Å². The number of benzene rings is 2. The Morgan fingerprint density at radius 3 is 2.70 bits per heavy atom. The van der Waals surface area contributed by atoms with Crippen molar-refractivity contribution in [3.05, 3.63) is 53.6 Å². The standard InChI is InChI=1S/C24H28F3N3O3/c1-32-11-8-28-23(31)20-13-16-12-17(24(25,26)27)6-7-21(16)30-10-9-29(15-22(20)30)18-4-3-5-19(14-18)33-2/h3-7,12,14,20,22H,8-11,13,15H2,1-2H3,(H,28,31)/t20-,22+/m1/s1. The highest BCUT2D eigenvalue weighted by molar-refractivity contribution is 5.82. The molecule has 1 N–H and O–H groups in total. The SMILES string of the molecule is COCCNC(=O)[C@@H]1Cc2cc(C(F)(F)F)ccc2N2CCN(c3cccc(OC)c3)C[C@@H]12. The topological polar surface area (TPSA) is 54.0 Å². The maximum atomic E-state index is 13.3. The first-order valence-electron chi connectivity index (χ1n) is 10.9. The van der Waals surface area contributed by atoms with Crippen LogP contribution in [0.1, 0.15) is 11.1 Å². The third-order valence-corrected chi connectivity index (χ3v) is 6.40. The second-order valence-corrected chi connectivity index (χ2v) is 8.34. The van der Waals surface area contributed by atoms with Crippen LogP contribution in [0.2, 0.25) is 0 Å². The number of hydrogen-bond donors (Lipinski definition) is 1. The highest BCUT2D eigenvalue weighted by Crippen LogP contribution is 2.40. The van der Waals surface area contributed by atoms with Crippen LogP contribution in [-0.2, 0) is 22.1 Å². The van der Waals surface area contributed by atoms with Gasteiger partial charge < -0.3 is 24.6 Å². The van der Waals surface area contributed by atoms with E-state index in [4.69, 9.17) is 9.47 Å². The van der Waals surface area contributed by atoms with E-state index in [1.54, 1.807) is 20.3 Å². The lowest BCUT2D eigenvalue weighted by Gasteiger charge is -2.49. The zero-order valence-electron chi connectivity index (χ0n) is 18.7. The van der Waals surface area contributed by atoms with Gasteiger partial charge in [-0.2, -0.15) is 13.2 Å². The van der Waals surface area contributed by atoms with Gasteiger partial charge in [0.15, 0.2) is 0 Å². The van der Waals surface area contributed by atoms with Gasteiger partial charge in [0.25, 0.3) is 0 Å². The summed E-state index contributed by atoms with van der Waals surface area (Å²) >= 11 is 0. The number of amides is 1. The monoisotopic (exact) mass is 463 g/mol. The predicted molar refractivity (Wildman–Crippen MR) is 120 cm³/mol. The third-order valence-electron chi connectivity index (χ3n) is 6.40. The molecule has 2 atom stereocenters. The van der Waals surface area contributed by atoms with E-state index in [0.717, 1.165) is 23.2 Å². The van der Waals surface area contributed by atoms with Crippen molar-refractivity contribution in [1.82, 2.24) is 5.32 Å². The van der Waals surface area contributed by atoms with Gasteiger partial charge in [0.1, 0.15) is 5.75 Å². The average molecular weight is 464 g/mol. The second kappa shape index (κ2) is 9.51. The molecule has 4 rings (SSSR count). The molecule has 0 unspecified atom stereocenters. The molecule has 9 heteroatoms. The van der Waals surface area contributed by atoms with E-state index in [9.17, 15) is 18.0 Å². The second-order valence-electron chi connectivity index (χ2n) is 8.34. The van der Waals surface area contributed by atoms with Gasteiger partial charge in [-0.15, -0.1) is 0 Å². The van der Waals surface area contributed by atoms with E-state index >= 15 is 0 Å². The van der Waals surface area contributed by atoms with Crippen molar-refractivity contribution >= 4 is 17.3 Å².